The van der Waals surface area contributed by atoms with Crippen LogP contribution in [0.5, 0.6) is 0 Å². The van der Waals surface area contributed by atoms with E-state index in [0.29, 0.717) is 0 Å². The van der Waals surface area contributed by atoms with Gasteiger partial charge >= 0.3 is 0 Å². The second-order valence-corrected chi connectivity index (χ2v) is 97.9. The molecule has 8 heteroatoms. The lowest BCUT2D eigenvalue weighted by Gasteiger charge is -2.60. The van der Waals surface area contributed by atoms with Crippen LogP contribution in [0.25, 0.3) is 53.9 Å². The summed E-state index contributed by atoms with van der Waals surface area (Å²) in [6.45, 7) is 34.3. The van der Waals surface area contributed by atoms with E-state index in [-0.39, 0.29) is 17.6 Å². The Bertz CT molecular complexity index is 2120. The number of rotatable bonds is 8. The molecule has 6 rings (SSSR count). The van der Waals surface area contributed by atoms with Gasteiger partial charge in [0, 0.05) is 61.5 Å². The van der Waals surface area contributed by atoms with Crippen LogP contribution in [0.1, 0.15) is 0 Å². The molecule has 0 spiro atoms. The minimum Gasteiger partial charge on any atom is -0.0765 e. The summed E-state index contributed by atoms with van der Waals surface area (Å²) in [5.41, 5.74) is 0. The monoisotopic (exact) mass is 736 g/mol. The highest BCUT2D eigenvalue weighted by Gasteiger charge is 2.62. The Hall–Kier alpha value is -1.64. The van der Waals surface area contributed by atoms with E-state index in [9.17, 15) is 0 Å². The van der Waals surface area contributed by atoms with Gasteiger partial charge in [0.1, 0.15) is 0 Å². The molecule has 240 valence electrons. The van der Waals surface area contributed by atoms with Gasteiger partial charge in [-0.25, -0.2) is 0 Å². The number of hydrogen-bond acceptors (Lipinski definition) is 0. The summed E-state index contributed by atoms with van der Waals surface area (Å²) in [5, 5.41) is 16.2. The van der Waals surface area contributed by atoms with Gasteiger partial charge in [0.15, 0.2) is 0 Å². The highest BCUT2D eigenvalue weighted by molar-refractivity contribution is 7.98. The van der Waals surface area contributed by atoms with E-state index in [2.05, 4.69) is 170 Å². The van der Waals surface area contributed by atoms with Crippen molar-refractivity contribution in [3.8, 4) is 0 Å². The molecule has 0 amide bonds. The van der Waals surface area contributed by atoms with Crippen LogP contribution in [-0.4, -0.2) is 61.5 Å². The molecule has 0 bridgehead atoms. The van der Waals surface area contributed by atoms with Gasteiger partial charge in [0.05, 0.1) is 0 Å². The predicted octanol–water partition coefficient (Wildman–Crippen LogP) is 9.25. The zero-order valence-corrected chi connectivity index (χ0v) is 39.6. The van der Waals surface area contributed by atoms with Gasteiger partial charge in [-0.05, 0) is 84.2 Å². The molecular weight excluding hydrogens is 681 g/mol. The molecule has 1 unspecified atom stereocenters. The third-order valence-electron chi connectivity index (χ3n) is 14.5. The van der Waals surface area contributed by atoms with Gasteiger partial charge in [0.25, 0.3) is 0 Å². The second kappa shape index (κ2) is 11.8. The number of fused-ring (bicyclic) bond motifs is 6. The highest BCUT2D eigenvalue weighted by Crippen LogP contribution is 2.40. The van der Waals surface area contributed by atoms with Crippen LogP contribution in [0.2, 0.25) is 78.6 Å². The summed E-state index contributed by atoms with van der Waals surface area (Å²) in [6.07, 6.45) is 0. The molecule has 0 saturated heterocycles. The summed E-state index contributed by atoms with van der Waals surface area (Å²) in [6, 6.07) is 35.4. The lowest BCUT2D eigenvalue weighted by atomic mass is 9.94. The van der Waals surface area contributed by atoms with Crippen LogP contribution in [0.3, 0.4) is 0 Å². The van der Waals surface area contributed by atoms with Gasteiger partial charge in [0.2, 0.25) is 0 Å². The van der Waals surface area contributed by atoms with E-state index in [0.717, 1.165) is 0 Å². The minimum absolute atomic E-state index is 0.0723. The quantitative estimate of drug-likeness (QED) is 0.0831. The first-order valence-electron chi connectivity index (χ1n) is 17.6. The normalized spacial score (nSPS) is 15.1. The van der Waals surface area contributed by atoms with E-state index in [1.54, 1.807) is 16.0 Å². The Morgan fingerprint density at radius 2 is 0.913 bits per heavy atom. The first-order valence-corrected chi connectivity index (χ1v) is 48.0. The van der Waals surface area contributed by atoms with E-state index < -0.39 is 43.9 Å². The lowest BCUT2D eigenvalue weighted by Crippen LogP contribution is -2.86. The minimum atomic E-state index is -1.32. The molecule has 0 N–H and O–H groups in total. The van der Waals surface area contributed by atoms with Crippen molar-refractivity contribution in [2.24, 2.45) is 0 Å². The fraction of sp³-hybridized carbons (Fsp3) is 0.316. The average molecular weight is 738 g/mol. The maximum absolute atomic E-state index is 2.94. The van der Waals surface area contributed by atoms with E-state index in [1.807, 2.05) is 0 Å². The summed E-state index contributed by atoms with van der Waals surface area (Å²) in [4.78, 5) is 0. The summed E-state index contributed by atoms with van der Waals surface area (Å²) in [5.74, 6) is 0. The molecule has 0 saturated carbocycles. The molecule has 0 aliphatic rings. The number of benzene rings is 6. The van der Waals surface area contributed by atoms with Crippen molar-refractivity contribution in [1.82, 2.24) is 0 Å². The maximum atomic E-state index is 2.94. The molecule has 6 aromatic rings. The molecule has 0 nitrogen and oxygen atoms in total. The van der Waals surface area contributed by atoms with E-state index >= 15 is 0 Å². The first kappa shape index (κ1) is 34.2. The largest absolute Gasteiger partial charge is 0.0765 e. The molecule has 6 aromatic carbocycles. The zero-order chi connectivity index (χ0) is 33.4. The summed E-state index contributed by atoms with van der Waals surface area (Å²) < 4.78 is 0. The Balaban J connectivity index is 1.48. The molecule has 0 aliphatic carbocycles. The third-order valence-corrected chi connectivity index (χ3v) is 169. The van der Waals surface area contributed by atoms with Crippen molar-refractivity contribution in [3.05, 3.63) is 91.0 Å². The number of hydrogen-bond donors (Lipinski definition) is 0. The molecule has 46 heavy (non-hydrogen) atoms. The van der Waals surface area contributed by atoms with E-state index in [1.165, 1.54) is 43.1 Å². The molecule has 0 fully saturated rings. The lowest BCUT2D eigenvalue weighted by molar-refractivity contribution is 1.73. The van der Waals surface area contributed by atoms with Gasteiger partial charge in [-0.2, -0.15) is 0 Å². The van der Waals surface area contributed by atoms with Crippen LogP contribution in [0.4, 0.5) is 0 Å². The third kappa shape index (κ3) is 5.35. The Morgan fingerprint density at radius 1 is 0.435 bits per heavy atom. The molecule has 1 atom stereocenters. The van der Waals surface area contributed by atoms with Crippen LogP contribution in [0, 0.1) is 0 Å². The maximum Gasteiger partial charge on any atom is 0.0409 e. The molecule has 0 heterocycles. The average Bonchev–Trinajstić information content (AvgIpc) is 3.00. The van der Waals surface area contributed by atoms with Crippen molar-refractivity contribution < 1.29 is 0 Å². The summed E-state index contributed by atoms with van der Waals surface area (Å²) in [7, 11) is -7.42. The van der Waals surface area contributed by atoms with Gasteiger partial charge in [-0.15, -0.1) is 0 Å². The predicted molar refractivity (Wildman–Crippen MR) is 237 cm³/mol. The standard InChI is InChI=1S/C38H56Si8/c1-41(43(5,6)45(9,10)46(11,12)44(7,8)42(2,3)4)40-39-38-34-22-21-32-23-28-17-13-15-19-30(28)25-35(32)37(34)27-33-24-29-18-14-16-20-31(29)26-36(33)38/h13-27,41H,39-40H2,1-12H3. The SMILES string of the molecule is C[SiH]([SiH2][SiH2]c1c2cc3ccccc3cc2cc2c1ccc1cc3ccccc3cc12)[Si](C)(C)[Si](C)(C)[Si](C)(C)[Si](C)(C)[Si](C)(C)C. The highest BCUT2D eigenvalue weighted by atomic mass is 30.1. The van der Waals surface area contributed by atoms with E-state index in [4.69, 9.17) is 0 Å². The van der Waals surface area contributed by atoms with Gasteiger partial charge < -0.3 is 0 Å². The Morgan fingerprint density at radius 3 is 1.46 bits per heavy atom. The Labute approximate surface area is 288 Å². The van der Waals surface area contributed by atoms with Crippen LogP contribution >= 0.6 is 0 Å². The Kier molecular flexibility index (Phi) is 8.74. The van der Waals surface area contributed by atoms with Crippen molar-refractivity contribution >= 4 is 120 Å². The van der Waals surface area contributed by atoms with Crippen LogP contribution in [-0.2, 0) is 0 Å². The van der Waals surface area contributed by atoms with Crippen LogP contribution < -0.4 is 5.19 Å². The fourth-order valence-electron chi connectivity index (χ4n) is 8.53. The molecule has 0 aliphatic heterocycles. The molecule has 0 aromatic heterocycles. The zero-order valence-electron chi connectivity index (χ0n) is 30.7. The second-order valence-electron chi connectivity index (χ2n) is 17.6. The van der Waals surface area contributed by atoms with Crippen molar-refractivity contribution in [2.45, 2.75) is 78.6 Å². The summed E-state index contributed by atoms with van der Waals surface area (Å²) >= 11 is 0. The van der Waals surface area contributed by atoms with Crippen molar-refractivity contribution in [1.29, 1.82) is 0 Å². The molecule has 0 radical (unpaired) electrons. The first-order chi connectivity index (χ1) is 21.4. The van der Waals surface area contributed by atoms with Gasteiger partial charge in [-0.3, -0.25) is 0 Å². The van der Waals surface area contributed by atoms with Crippen molar-refractivity contribution in [3.63, 3.8) is 0 Å². The molecular formula is C38H56Si8. The fourth-order valence-corrected chi connectivity index (χ4v) is 225. The smallest absolute Gasteiger partial charge is 0.0409 e. The van der Waals surface area contributed by atoms with Gasteiger partial charge in [-0.1, -0.05) is 144 Å². The topological polar surface area (TPSA) is 0 Å². The van der Waals surface area contributed by atoms with Crippen molar-refractivity contribution in [2.75, 3.05) is 0 Å². The van der Waals surface area contributed by atoms with Crippen LogP contribution in [0.15, 0.2) is 91.0 Å².